The van der Waals surface area contributed by atoms with Crippen LogP contribution >= 0.6 is 0 Å². The van der Waals surface area contributed by atoms with Crippen molar-refractivity contribution in [3.8, 4) is 0 Å². The van der Waals surface area contributed by atoms with Crippen molar-refractivity contribution in [2.45, 2.75) is 93.9 Å². The summed E-state index contributed by atoms with van der Waals surface area (Å²) in [5.41, 5.74) is 0. The summed E-state index contributed by atoms with van der Waals surface area (Å²) in [5, 5.41) is 20.2. The van der Waals surface area contributed by atoms with Crippen LogP contribution in [0.1, 0.15) is 54.2 Å². The van der Waals surface area contributed by atoms with Crippen LogP contribution in [0.3, 0.4) is 0 Å². The molecule has 4 unspecified atom stereocenters. The van der Waals surface area contributed by atoms with E-state index in [4.69, 9.17) is 9.47 Å². The number of aliphatic hydroxyl groups is 1. The summed E-state index contributed by atoms with van der Waals surface area (Å²) in [5.74, 6) is 1.98. The van der Waals surface area contributed by atoms with E-state index in [2.05, 4.69) is 23.8 Å². The number of nitrogens with one attached hydrogen (secondary N) is 1. The molecular formula is C22H44N4O4. The van der Waals surface area contributed by atoms with E-state index in [-0.39, 0.29) is 21.0 Å². The van der Waals surface area contributed by atoms with Gasteiger partial charge in [0.25, 0.3) is 5.82 Å². The first-order chi connectivity index (χ1) is 13.2. The Labute approximate surface area is 182 Å². The fourth-order valence-corrected chi connectivity index (χ4v) is 2.03. The van der Waals surface area contributed by atoms with Gasteiger partial charge in [-0.2, -0.15) is 0 Å². The second-order valence-electron chi connectivity index (χ2n) is 7.27. The minimum Gasteiger partial charge on any atom is -0.849 e. The molecule has 4 rings (SSSR count). The van der Waals surface area contributed by atoms with Gasteiger partial charge in [-0.05, 0) is 27.7 Å². The van der Waals surface area contributed by atoms with Crippen molar-refractivity contribution in [2.24, 2.45) is 0 Å². The van der Waals surface area contributed by atoms with Crippen molar-refractivity contribution in [3.05, 3.63) is 36.4 Å². The second kappa shape index (κ2) is 16.0. The Morgan fingerprint density at radius 1 is 1.23 bits per heavy atom. The number of aromatic amines is 1. The number of H-pyrrole nitrogens is 1. The third-order valence-corrected chi connectivity index (χ3v) is 3.81. The van der Waals surface area contributed by atoms with Crippen LogP contribution in [0.5, 0.6) is 0 Å². The van der Waals surface area contributed by atoms with Crippen LogP contribution in [0.2, 0.25) is 0 Å². The lowest BCUT2D eigenvalue weighted by molar-refractivity contribution is -0.726. The number of imidazole rings is 2. The summed E-state index contributed by atoms with van der Waals surface area (Å²) < 4.78 is 13.3. The van der Waals surface area contributed by atoms with Crippen molar-refractivity contribution in [1.82, 2.24) is 14.5 Å². The van der Waals surface area contributed by atoms with Crippen molar-refractivity contribution < 1.29 is 24.3 Å². The minimum atomic E-state index is -0.596. The molecule has 4 atom stereocenters. The zero-order valence-electron chi connectivity index (χ0n) is 18.0. The Hall–Kier alpha value is -1.74. The van der Waals surface area contributed by atoms with Gasteiger partial charge >= 0.3 is 0 Å². The largest absolute Gasteiger partial charge is 0.849 e. The molecule has 2 saturated heterocycles. The number of hydrogen-bond donors (Lipinski definition) is 2. The maximum absolute atomic E-state index is 11.0. The number of epoxide rings is 2. The van der Waals surface area contributed by atoms with Gasteiger partial charge < -0.3 is 24.7 Å². The molecule has 2 aromatic rings. The number of hydrogen-bond acceptors (Lipinski definition) is 5. The quantitative estimate of drug-likeness (QED) is 0.572. The highest BCUT2D eigenvalue weighted by molar-refractivity contribution is 4.81. The van der Waals surface area contributed by atoms with Gasteiger partial charge in [0, 0.05) is 19.3 Å². The molecule has 0 amide bonds. The van der Waals surface area contributed by atoms with Gasteiger partial charge in [0.2, 0.25) is 0 Å². The number of nitrogens with zero attached hydrogens (tertiary/aromatic N) is 3. The van der Waals surface area contributed by atoms with E-state index in [0.717, 1.165) is 24.9 Å². The van der Waals surface area contributed by atoms with Crippen LogP contribution in [0.15, 0.2) is 24.8 Å². The number of aromatic nitrogens is 4. The normalized spacial score (nSPS) is 19.6. The lowest BCUT2D eigenvalue weighted by atomic mass is 10.4. The van der Waals surface area contributed by atoms with Gasteiger partial charge in [0.15, 0.2) is 0 Å². The Balaban J connectivity index is 0. The van der Waals surface area contributed by atoms with Crippen LogP contribution in [0, 0.1) is 13.8 Å². The van der Waals surface area contributed by atoms with E-state index in [1.807, 2.05) is 35.4 Å². The average Bonchev–Trinajstić information content (AvgIpc) is 3.50. The molecule has 8 heteroatoms. The van der Waals surface area contributed by atoms with Crippen LogP contribution < -0.4 is 9.67 Å². The van der Waals surface area contributed by atoms with Crippen LogP contribution in [0.4, 0.5) is 0 Å². The number of aryl methyl sites for hydroxylation is 1. The summed E-state index contributed by atoms with van der Waals surface area (Å²) >= 11 is 0. The van der Waals surface area contributed by atoms with Gasteiger partial charge in [-0.3, -0.25) is 0 Å². The molecule has 8 nitrogen and oxygen atoms in total. The highest BCUT2D eigenvalue weighted by Crippen LogP contribution is 2.04. The van der Waals surface area contributed by atoms with Crippen LogP contribution in [-0.4, -0.2) is 57.3 Å². The Morgan fingerprint density at radius 2 is 1.73 bits per heavy atom. The van der Waals surface area contributed by atoms with E-state index < -0.39 is 6.10 Å². The molecule has 0 spiro atoms. The molecule has 0 radical (unpaired) electrons. The first-order valence-corrected chi connectivity index (χ1v) is 9.77. The summed E-state index contributed by atoms with van der Waals surface area (Å²) in [6, 6.07) is 0. The fourth-order valence-electron chi connectivity index (χ4n) is 2.03. The third-order valence-electron chi connectivity index (χ3n) is 3.81. The zero-order chi connectivity index (χ0) is 21.1. The molecule has 2 fully saturated rings. The molecule has 2 aliphatic heterocycles. The molecule has 0 aromatic carbocycles. The number of rotatable bonds is 4. The predicted molar refractivity (Wildman–Crippen MR) is 118 cm³/mol. The standard InChI is InChI=1S/C10H18N2O2.C4H6N2.2C3H6O.2CH4/c1-8(13)6-11-4-5-12(10(11)3)7-9(2)14;1-4-5-2-3-6-4;2*1-3-2-4-3;;/h4-5,8-9,13H,6-7H2,1-3H3;2-3H,1H3,(H,5,6);2*3H,2H2,1H3;2*1H4. The summed E-state index contributed by atoms with van der Waals surface area (Å²) in [6.45, 7) is 14.4. The van der Waals surface area contributed by atoms with Gasteiger partial charge in [0.05, 0.1) is 38.1 Å². The summed E-state index contributed by atoms with van der Waals surface area (Å²) in [6.07, 6.45) is 7.52. The lowest BCUT2D eigenvalue weighted by Gasteiger charge is -2.13. The van der Waals surface area contributed by atoms with E-state index in [9.17, 15) is 10.2 Å². The molecular weight excluding hydrogens is 384 g/mol. The van der Waals surface area contributed by atoms with Gasteiger partial charge in [-0.1, -0.05) is 27.9 Å². The maximum Gasteiger partial charge on any atom is 0.253 e. The predicted octanol–water partition coefficient (Wildman–Crippen LogP) is 2.01. The Bertz CT molecular complexity index is 596. The molecule has 0 bridgehead atoms. The smallest absolute Gasteiger partial charge is 0.253 e. The second-order valence-corrected chi connectivity index (χ2v) is 7.27. The molecule has 0 saturated carbocycles. The molecule has 2 N–H and O–H groups in total. The number of aliphatic hydroxyl groups excluding tert-OH is 1. The van der Waals surface area contributed by atoms with Crippen molar-refractivity contribution in [2.75, 3.05) is 13.2 Å². The highest BCUT2D eigenvalue weighted by Gasteiger charge is 2.14. The zero-order valence-corrected chi connectivity index (χ0v) is 18.0. The lowest BCUT2D eigenvalue weighted by Crippen LogP contribution is -2.45. The SMILES string of the molecule is C.C.CC1CO1.CC1CO1.Cc1n(CC(C)O)cc[n+]1CC(C)[O-].Cc1ncc[nH]1. The minimum absolute atomic E-state index is 0. The molecule has 4 heterocycles. The average molecular weight is 429 g/mol. The fraction of sp³-hybridized carbons (Fsp3) is 0.727. The van der Waals surface area contributed by atoms with E-state index in [1.54, 1.807) is 26.2 Å². The maximum atomic E-state index is 11.0. The third kappa shape index (κ3) is 16.1. The topological polar surface area (TPSA) is 106 Å². The monoisotopic (exact) mass is 428 g/mol. The highest BCUT2D eigenvalue weighted by atomic mass is 16.6. The molecule has 2 aromatic heterocycles. The van der Waals surface area contributed by atoms with Gasteiger partial charge in [-0.15, -0.1) is 0 Å². The van der Waals surface area contributed by atoms with Crippen LogP contribution in [-0.2, 0) is 22.6 Å². The van der Waals surface area contributed by atoms with Crippen molar-refractivity contribution >= 4 is 0 Å². The summed E-state index contributed by atoms with van der Waals surface area (Å²) in [7, 11) is 0. The van der Waals surface area contributed by atoms with Gasteiger partial charge in [0.1, 0.15) is 24.8 Å². The van der Waals surface area contributed by atoms with E-state index >= 15 is 0 Å². The van der Waals surface area contributed by atoms with Crippen LogP contribution in [0.25, 0.3) is 0 Å². The molecule has 2 aliphatic rings. The van der Waals surface area contributed by atoms with E-state index in [1.165, 1.54) is 0 Å². The molecule has 30 heavy (non-hydrogen) atoms. The van der Waals surface area contributed by atoms with Crippen molar-refractivity contribution in [3.63, 3.8) is 0 Å². The van der Waals surface area contributed by atoms with E-state index in [0.29, 0.717) is 25.3 Å². The first kappa shape index (κ1) is 30.5. The Morgan fingerprint density at radius 3 is 2.00 bits per heavy atom. The Kier molecular flexibility index (Phi) is 16.3. The first-order valence-electron chi connectivity index (χ1n) is 9.77. The molecule has 0 aliphatic carbocycles. The van der Waals surface area contributed by atoms with Crippen molar-refractivity contribution in [1.29, 1.82) is 0 Å². The van der Waals surface area contributed by atoms with Gasteiger partial charge in [-0.25, -0.2) is 14.1 Å². The summed E-state index contributed by atoms with van der Waals surface area (Å²) in [4.78, 5) is 6.75. The number of ether oxygens (including phenoxy) is 2. The molecule has 176 valence electrons.